The molecule has 3 saturated heterocycles. The van der Waals surface area contributed by atoms with Crippen molar-refractivity contribution < 1.29 is 24.0 Å². The number of hydroxylamine groups is 2. The van der Waals surface area contributed by atoms with Crippen molar-refractivity contribution in [3.8, 4) is 0 Å². The van der Waals surface area contributed by atoms with Crippen LogP contribution in [0, 0.1) is 11.3 Å². The molecular weight excluding hydrogens is 438 g/mol. The van der Waals surface area contributed by atoms with Crippen LogP contribution >= 0.6 is 0 Å². The van der Waals surface area contributed by atoms with Crippen LogP contribution in [0.2, 0.25) is 0 Å². The Kier molecular flexibility index (Phi) is 6.79. The van der Waals surface area contributed by atoms with E-state index in [0.29, 0.717) is 39.0 Å². The Bertz CT molecular complexity index is 947. The van der Waals surface area contributed by atoms with Crippen molar-refractivity contribution >= 4 is 23.9 Å². The molecule has 3 aliphatic heterocycles. The van der Waals surface area contributed by atoms with Gasteiger partial charge in [-0.3, -0.25) is 15.0 Å². The molecule has 0 saturated carbocycles. The first-order chi connectivity index (χ1) is 16.1. The molecule has 1 aromatic rings. The van der Waals surface area contributed by atoms with Gasteiger partial charge >= 0.3 is 12.1 Å². The zero-order chi connectivity index (χ0) is 24.5. The molecule has 0 spiro atoms. The zero-order valence-corrected chi connectivity index (χ0v) is 20.0. The van der Waals surface area contributed by atoms with Gasteiger partial charge in [0.2, 0.25) is 5.91 Å². The largest absolute Gasteiger partial charge is 0.444 e. The molecule has 10 nitrogen and oxygen atoms in total. The van der Waals surface area contributed by atoms with Gasteiger partial charge in [0.05, 0.1) is 18.0 Å². The average Bonchev–Trinajstić information content (AvgIpc) is 3.37. The van der Waals surface area contributed by atoms with Gasteiger partial charge < -0.3 is 19.9 Å². The SMILES string of the molecule is CC(C)(C)OC(=O)N1CC[C@@H](C(=O)NC(=N)[C@@H]2CC[C@@H]3CN2C(=O)N3OCc2ccccc2)C1. The number of hydrogen-bond acceptors (Lipinski definition) is 6. The molecule has 3 fully saturated rings. The van der Waals surface area contributed by atoms with Crippen LogP contribution in [0.3, 0.4) is 0 Å². The normalized spacial score (nSPS) is 24.4. The number of amides is 4. The molecule has 3 heterocycles. The first-order valence-corrected chi connectivity index (χ1v) is 11.8. The van der Waals surface area contributed by atoms with Crippen LogP contribution in [0.1, 0.15) is 45.6 Å². The van der Waals surface area contributed by atoms with Gasteiger partial charge in [-0.25, -0.2) is 9.59 Å². The Morgan fingerprint density at radius 1 is 1.12 bits per heavy atom. The van der Waals surface area contributed by atoms with Crippen LogP contribution < -0.4 is 5.32 Å². The lowest BCUT2D eigenvalue weighted by atomic mass is 9.99. The summed E-state index contributed by atoms with van der Waals surface area (Å²) in [6.45, 7) is 6.85. The highest BCUT2D eigenvalue weighted by Crippen LogP contribution is 2.31. The fraction of sp³-hybridized carbons (Fsp3) is 0.583. The van der Waals surface area contributed by atoms with Crippen molar-refractivity contribution in [1.82, 2.24) is 20.2 Å². The Morgan fingerprint density at radius 3 is 2.56 bits per heavy atom. The summed E-state index contributed by atoms with van der Waals surface area (Å²) in [6.07, 6.45) is 1.34. The molecule has 0 unspecified atom stereocenters. The molecule has 1 aromatic carbocycles. The lowest BCUT2D eigenvalue weighted by Gasteiger charge is -2.31. The minimum absolute atomic E-state index is 0.0115. The molecule has 184 valence electrons. The monoisotopic (exact) mass is 471 g/mol. The molecule has 3 aliphatic rings. The first-order valence-electron chi connectivity index (χ1n) is 11.8. The molecule has 4 amide bonds. The van der Waals surface area contributed by atoms with Gasteiger partial charge in [0.1, 0.15) is 18.0 Å². The number of ether oxygens (including phenoxy) is 1. The number of hydrogen-bond donors (Lipinski definition) is 2. The first kappa shape index (κ1) is 24.0. The minimum Gasteiger partial charge on any atom is -0.444 e. The Labute approximate surface area is 199 Å². The van der Waals surface area contributed by atoms with E-state index in [0.717, 1.165) is 5.56 Å². The fourth-order valence-corrected chi connectivity index (χ4v) is 4.60. The highest BCUT2D eigenvalue weighted by atomic mass is 16.7. The van der Waals surface area contributed by atoms with Crippen molar-refractivity contribution in [2.75, 3.05) is 19.6 Å². The summed E-state index contributed by atoms with van der Waals surface area (Å²) in [5.41, 5.74) is 0.375. The van der Waals surface area contributed by atoms with Crippen molar-refractivity contribution in [2.45, 2.75) is 64.3 Å². The molecule has 10 heteroatoms. The average molecular weight is 472 g/mol. The van der Waals surface area contributed by atoms with E-state index in [1.807, 2.05) is 30.3 Å². The van der Waals surface area contributed by atoms with E-state index in [1.165, 1.54) is 9.96 Å². The molecule has 4 rings (SSSR count). The van der Waals surface area contributed by atoms with E-state index in [1.54, 1.807) is 25.7 Å². The number of nitrogens with one attached hydrogen (secondary N) is 2. The third-order valence-electron chi connectivity index (χ3n) is 6.34. The molecule has 34 heavy (non-hydrogen) atoms. The molecule has 3 atom stereocenters. The minimum atomic E-state index is -0.598. The van der Waals surface area contributed by atoms with Crippen LogP contribution in [-0.4, -0.2) is 76.0 Å². The van der Waals surface area contributed by atoms with Crippen molar-refractivity contribution in [3.05, 3.63) is 35.9 Å². The van der Waals surface area contributed by atoms with Gasteiger partial charge in [-0.15, -0.1) is 0 Å². The summed E-state index contributed by atoms with van der Waals surface area (Å²) in [5, 5.41) is 12.6. The zero-order valence-electron chi connectivity index (χ0n) is 20.0. The Balaban J connectivity index is 1.29. The Hall–Kier alpha value is -3.14. The van der Waals surface area contributed by atoms with Crippen LogP contribution in [0.25, 0.3) is 0 Å². The number of likely N-dealkylation sites (tertiary alicyclic amines) is 1. The third kappa shape index (κ3) is 5.32. The molecule has 2 N–H and O–H groups in total. The summed E-state index contributed by atoms with van der Waals surface area (Å²) in [4.78, 5) is 46.9. The number of carbonyl (C=O) groups is 3. The van der Waals surface area contributed by atoms with E-state index in [9.17, 15) is 14.4 Å². The number of nitrogens with zero attached hydrogens (tertiary/aromatic N) is 3. The Morgan fingerprint density at radius 2 is 1.85 bits per heavy atom. The quantitative estimate of drug-likeness (QED) is 0.506. The number of urea groups is 1. The standard InChI is InChI=1S/C24H33N5O5/c1-24(2,3)34-23(32)27-12-11-17(13-27)21(30)26-20(25)19-10-9-18-14-28(19)22(31)29(18)33-15-16-7-5-4-6-8-16/h4-8,17-19H,9-15H2,1-3H3,(H2,25,26,30)/t17-,18-,19+/m1/s1. The van der Waals surface area contributed by atoms with Gasteiger partial charge in [0.15, 0.2) is 0 Å². The lowest BCUT2D eigenvalue weighted by molar-refractivity contribution is -0.140. The number of amidine groups is 1. The van der Waals surface area contributed by atoms with Gasteiger partial charge in [-0.1, -0.05) is 30.3 Å². The fourth-order valence-electron chi connectivity index (χ4n) is 4.60. The van der Waals surface area contributed by atoms with Crippen LogP contribution in [0.5, 0.6) is 0 Å². The molecular formula is C24H33N5O5. The summed E-state index contributed by atoms with van der Waals surface area (Å²) in [6, 6.07) is 8.80. The van der Waals surface area contributed by atoms with Gasteiger partial charge in [0, 0.05) is 19.6 Å². The van der Waals surface area contributed by atoms with E-state index < -0.39 is 23.7 Å². The second kappa shape index (κ2) is 9.61. The van der Waals surface area contributed by atoms with Crippen LogP contribution in [0.15, 0.2) is 30.3 Å². The summed E-state index contributed by atoms with van der Waals surface area (Å²) in [7, 11) is 0. The maximum Gasteiger partial charge on any atom is 0.410 e. The maximum atomic E-state index is 13.0. The summed E-state index contributed by atoms with van der Waals surface area (Å²) in [5.74, 6) is -0.705. The predicted octanol–water partition coefficient (Wildman–Crippen LogP) is 2.74. The van der Waals surface area contributed by atoms with Crippen molar-refractivity contribution in [2.24, 2.45) is 5.92 Å². The summed E-state index contributed by atoms with van der Waals surface area (Å²) < 4.78 is 5.38. The molecule has 2 bridgehead atoms. The number of piperidine rings is 1. The van der Waals surface area contributed by atoms with E-state index in [4.69, 9.17) is 15.0 Å². The number of carbonyl (C=O) groups excluding carboxylic acids is 3. The van der Waals surface area contributed by atoms with Gasteiger partial charge in [0.25, 0.3) is 0 Å². The number of fused-ring (bicyclic) bond motifs is 2. The van der Waals surface area contributed by atoms with E-state index in [2.05, 4.69) is 5.32 Å². The van der Waals surface area contributed by atoms with Gasteiger partial charge in [-0.05, 0) is 45.6 Å². The van der Waals surface area contributed by atoms with E-state index >= 15 is 0 Å². The van der Waals surface area contributed by atoms with Crippen LogP contribution in [0.4, 0.5) is 9.59 Å². The topological polar surface area (TPSA) is 115 Å². The molecule has 0 aromatic heterocycles. The van der Waals surface area contributed by atoms with E-state index in [-0.39, 0.29) is 30.4 Å². The highest BCUT2D eigenvalue weighted by Gasteiger charge is 2.47. The van der Waals surface area contributed by atoms with Crippen molar-refractivity contribution in [1.29, 1.82) is 5.41 Å². The second-order valence-corrected chi connectivity index (χ2v) is 10.1. The molecule has 0 aliphatic carbocycles. The maximum absolute atomic E-state index is 13.0. The summed E-state index contributed by atoms with van der Waals surface area (Å²) >= 11 is 0. The molecule has 0 radical (unpaired) electrons. The highest BCUT2D eigenvalue weighted by molar-refractivity contribution is 6.02. The number of rotatable bonds is 5. The van der Waals surface area contributed by atoms with Gasteiger partial charge in [-0.2, -0.15) is 5.06 Å². The second-order valence-electron chi connectivity index (χ2n) is 10.1. The number of benzene rings is 1. The lowest BCUT2D eigenvalue weighted by Crippen LogP contribution is -2.51. The van der Waals surface area contributed by atoms with Crippen LogP contribution in [-0.2, 0) is 21.0 Å². The predicted molar refractivity (Wildman–Crippen MR) is 124 cm³/mol. The third-order valence-corrected chi connectivity index (χ3v) is 6.34. The van der Waals surface area contributed by atoms with Crippen molar-refractivity contribution in [3.63, 3.8) is 0 Å². The smallest absolute Gasteiger partial charge is 0.410 e.